The number of amidine groups is 1. The number of fused-ring (bicyclic) bond motifs is 2. The molecule has 7 heteroatoms. The van der Waals surface area contributed by atoms with E-state index in [9.17, 15) is 4.79 Å². The van der Waals surface area contributed by atoms with Crippen LogP contribution in [0.2, 0.25) is 5.02 Å². The maximum Gasteiger partial charge on any atom is 0.231 e. The molecule has 6 nitrogen and oxygen atoms in total. The van der Waals surface area contributed by atoms with Crippen LogP contribution in [0.4, 0.5) is 0 Å². The van der Waals surface area contributed by atoms with Gasteiger partial charge < -0.3 is 18.8 Å². The number of hydrogen-bond donors (Lipinski definition) is 0. The van der Waals surface area contributed by atoms with Gasteiger partial charge in [0.15, 0.2) is 16.9 Å². The van der Waals surface area contributed by atoms with Crippen LogP contribution >= 0.6 is 11.6 Å². The highest BCUT2D eigenvalue weighted by Gasteiger charge is 2.35. The molecule has 37 heavy (non-hydrogen) atoms. The smallest absolute Gasteiger partial charge is 0.231 e. The van der Waals surface area contributed by atoms with Crippen molar-refractivity contribution in [3.05, 3.63) is 104 Å². The summed E-state index contributed by atoms with van der Waals surface area (Å²) in [6.45, 7) is 5.89. The first-order valence-electron chi connectivity index (χ1n) is 12.5. The Balaban J connectivity index is 1.50. The summed E-state index contributed by atoms with van der Waals surface area (Å²) in [5.74, 6) is 3.10. The van der Waals surface area contributed by atoms with Gasteiger partial charge in [0.05, 0.1) is 18.0 Å². The largest absolute Gasteiger partial charge is 0.458 e. The Labute approximate surface area is 220 Å². The first-order chi connectivity index (χ1) is 18.0. The molecule has 1 aromatic heterocycles. The minimum Gasteiger partial charge on any atom is -0.458 e. The monoisotopic (exact) mass is 514 g/mol. The molecule has 6 rings (SSSR count). The van der Waals surface area contributed by atoms with Crippen LogP contribution in [0.3, 0.4) is 0 Å². The zero-order chi connectivity index (χ0) is 25.5. The molecule has 0 bridgehead atoms. The molecule has 2 aliphatic heterocycles. The fourth-order valence-corrected chi connectivity index (χ4v) is 5.42. The van der Waals surface area contributed by atoms with Crippen molar-refractivity contribution in [3.8, 4) is 11.5 Å². The number of nitrogens with zero attached hydrogens (tertiary/aromatic N) is 2. The summed E-state index contributed by atoms with van der Waals surface area (Å²) in [6.07, 6.45) is 0.477. The second-order valence-electron chi connectivity index (χ2n) is 9.73. The highest BCUT2D eigenvalue weighted by atomic mass is 35.5. The first-order valence-corrected chi connectivity index (χ1v) is 12.9. The molecule has 0 fully saturated rings. The van der Waals surface area contributed by atoms with Crippen LogP contribution in [0, 0.1) is 5.92 Å². The van der Waals surface area contributed by atoms with E-state index in [4.69, 9.17) is 30.5 Å². The van der Waals surface area contributed by atoms with E-state index in [1.807, 2.05) is 48.5 Å². The normalized spacial score (nSPS) is 15.5. The number of aliphatic imine (C=N–C) groups is 1. The molecule has 4 aromatic rings. The van der Waals surface area contributed by atoms with Gasteiger partial charge in [-0.3, -0.25) is 9.79 Å². The van der Waals surface area contributed by atoms with Crippen molar-refractivity contribution in [3.63, 3.8) is 0 Å². The van der Waals surface area contributed by atoms with Crippen LogP contribution < -0.4 is 14.9 Å². The van der Waals surface area contributed by atoms with Crippen molar-refractivity contribution < 1.29 is 13.9 Å². The third kappa shape index (κ3) is 4.36. The minimum atomic E-state index is -0.207. The second kappa shape index (κ2) is 9.60. The predicted octanol–water partition coefficient (Wildman–Crippen LogP) is 6.23. The average molecular weight is 515 g/mol. The maximum atomic E-state index is 13.9. The molecule has 0 saturated heterocycles. The summed E-state index contributed by atoms with van der Waals surface area (Å²) in [6, 6.07) is 20.9. The Morgan fingerprint density at radius 1 is 1.00 bits per heavy atom. The fourth-order valence-electron chi connectivity index (χ4n) is 5.26. The standard InChI is InChI=1S/C30H27ClN2O4/c1-18(2)27(33-13-12-32-30(33)20-8-11-24-26(15-20)36-17-35-24)29-23(14-19-6-4-3-5-7-19)28(34)22-10-9-21(31)16-25(22)37-29/h3-11,15-16,18,27H,12-14,17H2,1-2H3. The number of rotatable bonds is 6. The van der Waals surface area contributed by atoms with Crippen molar-refractivity contribution in [2.75, 3.05) is 19.9 Å². The van der Waals surface area contributed by atoms with Gasteiger partial charge in [0.25, 0.3) is 0 Å². The molecule has 2 aliphatic rings. The van der Waals surface area contributed by atoms with Crippen LogP contribution in [0.1, 0.15) is 42.3 Å². The molecule has 0 amide bonds. The lowest BCUT2D eigenvalue weighted by Crippen LogP contribution is -2.37. The summed E-state index contributed by atoms with van der Waals surface area (Å²) in [4.78, 5) is 21.0. The SMILES string of the molecule is CC(C)C(c1oc2cc(Cl)ccc2c(=O)c1Cc1ccccc1)N1CCN=C1c1ccc2c(c1)OCO2. The van der Waals surface area contributed by atoms with Crippen LogP contribution in [0.15, 0.2) is 80.9 Å². The highest BCUT2D eigenvalue weighted by molar-refractivity contribution is 6.31. The van der Waals surface area contributed by atoms with E-state index in [1.165, 1.54) is 0 Å². The van der Waals surface area contributed by atoms with Crippen LogP contribution in [0.25, 0.3) is 11.0 Å². The number of hydrogen-bond acceptors (Lipinski definition) is 6. The maximum absolute atomic E-state index is 13.9. The Hall–Kier alpha value is -3.77. The van der Waals surface area contributed by atoms with E-state index in [0.717, 1.165) is 22.7 Å². The number of ether oxygens (including phenoxy) is 2. The number of halogens is 1. The van der Waals surface area contributed by atoms with Crippen LogP contribution in [0.5, 0.6) is 11.5 Å². The lowest BCUT2D eigenvalue weighted by Gasteiger charge is -2.34. The van der Waals surface area contributed by atoms with E-state index in [2.05, 4.69) is 18.7 Å². The molecule has 1 atom stereocenters. The molecule has 0 saturated carbocycles. The summed E-state index contributed by atoms with van der Waals surface area (Å²) in [5, 5.41) is 1.06. The van der Waals surface area contributed by atoms with Gasteiger partial charge in [0.1, 0.15) is 17.2 Å². The molecule has 3 aromatic carbocycles. The van der Waals surface area contributed by atoms with E-state index >= 15 is 0 Å². The van der Waals surface area contributed by atoms with Gasteiger partial charge in [0.2, 0.25) is 6.79 Å². The van der Waals surface area contributed by atoms with Gasteiger partial charge in [-0.1, -0.05) is 55.8 Å². The molecule has 3 heterocycles. The third-order valence-corrected chi connectivity index (χ3v) is 7.18. The molecular weight excluding hydrogens is 488 g/mol. The van der Waals surface area contributed by atoms with Crippen molar-refractivity contribution in [1.82, 2.24) is 4.90 Å². The van der Waals surface area contributed by atoms with Gasteiger partial charge in [-0.2, -0.15) is 0 Å². The number of benzene rings is 3. The quantitative estimate of drug-likeness (QED) is 0.305. The summed E-state index contributed by atoms with van der Waals surface area (Å²) in [5.41, 5.74) is 3.14. The predicted molar refractivity (Wildman–Crippen MR) is 145 cm³/mol. The van der Waals surface area contributed by atoms with Gasteiger partial charge >= 0.3 is 0 Å². The van der Waals surface area contributed by atoms with Gasteiger partial charge in [-0.15, -0.1) is 0 Å². The Morgan fingerprint density at radius 3 is 2.62 bits per heavy atom. The Kier molecular flexibility index (Phi) is 6.13. The van der Waals surface area contributed by atoms with Gasteiger partial charge in [-0.05, 0) is 41.8 Å². The minimum absolute atomic E-state index is 0.0248. The Morgan fingerprint density at radius 2 is 1.81 bits per heavy atom. The summed E-state index contributed by atoms with van der Waals surface area (Å²) >= 11 is 6.30. The van der Waals surface area contributed by atoms with E-state index < -0.39 is 0 Å². The van der Waals surface area contributed by atoms with Crippen LogP contribution in [-0.2, 0) is 6.42 Å². The Bertz CT molecular complexity index is 1560. The zero-order valence-electron chi connectivity index (χ0n) is 20.7. The topological polar surface area (TPSA) is 64.3 Å². The highest BCUT2D eigenvalue weighted by Crippen LogP contribution is 2.38. The van der Waals surface area contributed by atoms with Crippen molar-refractivity contribution >= 4 is 28.4 Å². The van der Waals surface area contributed by atoms with Crippen molar-refractivity contribution in [2.24, 2.45) is 10.9 Å². The second-order valence-corrected chi connectivity index (χ2v) is 10.2. The van der Waals surface area contributed by atoms with E-state index in [0.29, 0.717) is 52.6 Å². The molecule has 0 radical (unpaired) electrons. The van der Waals surface area contributed by atoms with E-state index in [1.54, 1.807) is 18.2 Å². The lowest BCUT2D eigenvalue weighted by atomic mass is 9.92. The summed E-state index contributed by atoms with van der Waals surface area (Å²) in [7, 11) is 0. The van der Waals surface area contributed by atoms with Crippen LogP contribution in [-0.4, -0.2) is 30.6 Å². The summed E-state index contributed by atoms with van der Waals surface area (Å²) < 4.78 is 17.7. The van der Waals surface area contributed by atoms with Gasteiger partial charge in [-0.25, -0.2) is 0 Å². The molecule has 0 aliphatic carbocycles. The molecule has 0 N–H and O–H groups in total. The lowest BCUT2D eigenvalue weighted by molar-refractivity contribution is 0.174. The van der Waals surface area contributed by atoms with Gasteiger partial charge in [0, 0.05) is 35.2 Å². The van der Waals surface area contributed by atoms with Crippen molar-refractivity contribution in [2.45, 2.75) is 26.3 Å². The first kappa shape index (κ1) is 23.6. The molecule has 0 spiro atoms. The molecule has 1 unspecified atom stereocenters. The average Bonchev–Trinajstić information content (AvgIpc) is 3.56. The van der Waals surface area contributed by atoms with E-state index in [-0.39, 0.29) is 24.2 Å². The third-order valence-electron chi connectivity index (χ3n) is 6.94. The fraction of sp³-hybridized carbons (Fsp3) is 0.267. The zero-order valence-corrected chi connectivity index (χ0v) is 21.5. The van der Waals surface area contributed by atoms with Crippen molar-refractivity contribution in [1.29, 1.82) is 0 Å². The molecule has 188 valence electrons. The molecular formula is C30H27ClN2O4.